The summed E-state index contributed by atoms with van der Waals surface area (Å²) in [6.45, 7) is 5.21. The molecule has 1 heterocycles. The lowest BCUT2D eigenvalue weighted by Crippen LogP contribution is -2.43. The van der Waals surface area contributed by atoms with E-state index in [0.29, 0.717) is 31.6 Å². The molecule has 3 rings (SSSR count). The van der Waals surface area contributed by atoms with Gasteiger partial charge in [-0.05, 0) is 62.0 Å². The van der Waals surface area contributed by atoms with Gasteiger partial charge >= 0.3 is 5.97 Å². The minimum atomic E-state index is -0.711. The van der Waals surface area contributed by atoms with E-state index in [1.54, 1.807) is 0 Å². The fraction of sp³-hybridized carbons (Fsp3) is 0.636. The lowest BCUT2D eigenvalue weighted by atomic mass is 9.80. The standard InChI is InChI=1S/C22H31NO3/c1-15(2)16-6-8-17(9-7-16)20-5-3-4-14-23(20)21(24)18-10-12-19(13-11-18)22(25)26/h6-9,15,18-20H,3-5,10-14H2,1-2H3,(H,25,26). The second-order valence-electron chi connectivity index (χ2n) is 8.25. The quantitative estimate of drug-likeness (QED) is 0.845. The maximum Gasteiger partial charge on any atom is 0.306 e. The molecule has 0 spiro atoms. The van der Waals surface area contributed by atoms with Gasteiger partial charge in [0, 0.05) is 12.5 Å². The van der Waals surface area contributed by atoms with Crippen molar-refractivity contribution in [2.75, 3.05) is 6.54 Å². The number of amides is 1. The molecular weight excluding hydrogens is 326 g/mol. The van der Waals surface area contributed by atoms with Crippen LogP contribution < -0.4 is 0 Å². The van der Waals surface area contributed by atoms with Crippen molar-refractivity contribution in [1.82, 2.24) is 4.90 Å². The van der Waals surface area contributed by atoms with Crippen molar-refractivity contribution in [3.05, 3.63) is 35.4 Å². The molecule has 142 valence electrons. The number of carboxylic acids is 1. The van der Waals surface area contributed by atoms with Gasteiger partial charge in [-0.15, -0.1) is 0 Å². The third kappa shape index (κ3) is 4.11. The van der Waals surface area contributed by atoms with Crippen molar-refractivity contribution >= 4 is 11.9 Å². The first-order valence-corrected chi connectivity index (χ1v) is 10.1. The van der Waals surface area contributed by atoms with Gasteiger partial charge in [-0.1, -0.05) is 38.1 Å². The smallest absolute Gasteiger partial charge is 0.306 e. The fourth-order valence-electron chi connectivity index (χ4n) is 4.47. The van der Waals surface area contributed by atoms with Crippen molar-refractivity contribution in [2.24, 2.45) is 11.8 Å². The van der Waals surface area contributed by atoms with Crippen LogP contribution in [0.1, 0.15) is 81.9 Å². The van der Waals surface area contributed by atoms with E-state index in [1.807, 2.05) is 0 Å². The highest BCUT2D eigenvalue weighted by molar-refractivity contribution is 5.80. The Labute approximate surface area is 156 Å². The number of piperidine rings is 1. The molecule has 1 saturated carbocycles. The Morgan fingerprint density at radius 2 is 1.58 bits per heavy atom. The topological polar surface area (TPSA) is 57.6 Å². The Morgan fingerprint density at radius 1 is 0.962 bits per heavy atom. The summed E-state index contributed by atoms with van der Waals surface area (Å²) in [6.07, 6.45) is 5.94. The molecule has 0 bridgehead atoms. The van der Waals surface area contributed by atoms with Gasteiger partial charge in [0.1, 0.15) is 0 Å². The van der Waals surface area contributed by atoms with Crippen molar-refractivity contribution in [2.45, 2.75) is 70.8 Å². The molecule has 4 heteroatoms. The second-order valence-corrected chi connectivity index (χ2v) is 8.25. The average Bonchev–Trinajstić information content (AvgIpc) is 2.67. The SMILES string of the molecule is CC(C)c1ccc(C2CCCCN2C(=O)C2CCC(C(=O)O)CC2)cc1. The van der Waals surface area contributed by atoms with Crippen LogP contribution in [0.4, 0.5) is 0 Å². The van der Waals surface area contributed by atoms with Gasteiger partial charge < -0.3 is 10.0 Å². The van der Waals surface area contributed by atoms with Crippen molar-refractivity contribution < 1.29 is 14.7 Å². The number of carboxylic acid groups (broad SMARTS) is 1. The van der Waals surface area contributed by atoms with Crippen LogP contribution in [0, 0.1) is 11.8 Å². The molecule has 1 unspecified atom stereocenters. The van der Waals surface area contributed by atoms with E-state index in [2.05, 4.69) is 43.0 Å². The van der Waals surface area contributed by atoms with E-state index >= 15 is 0 Å². The van der Waals surface area contributed by atoms with Crippen LogP contribution in [0.3, 0.4) is 0 Å². The van der Waals surface area contributed by atoms with E-state index in [9.17, 15) is 9.59 Å². The number of likely N-dealkylation sites (tertiary alicyclic amines) is 1. The molecule has 1 aromatic rings. The van der Waals surface area contributed by atoms with Gasteiger partial charge in [0.05, 0.1) is 12.0 Å². The summed E-state index contributed by atoms with van der Waals surface area (Å²) in [4.78, 5) is 26.4. The summed E-state index contributed by atoms with van der Waals surface area (Å²) in [5.74, 6) is -0.220. The third-order valence-electron chi connectivity index (χ3n) is 6.20. The Balaban J connectivity index is 1.70. The fourth-order valence-corrected chi connectivity index (χ4v) is 4.47. The number of hydrogen-bond acceptors (Lipinski definition) is 2. The second kappa shape index (κ2) is 8.24. The largest absolute Gasteiger partial charge is 0.481 e. The number of carbonyl (C=O) groups is 2. The minimum Gasteiger partial charge on any atom is -0.481 e. The van der Waals surface area contributed by atoms with Gasteiger partial charge in [0.15, 0.2) is 0 Å². The third-order valence-corrected chi connectivity index (χ3v) is 6.20. The molecule has 1 aromatic carbocycles. The summed E-state index contributed by atoms with van der Waals surface area (Å²) < 4.78 is 0. The number of nitrogens with zero attached hydrogens (tertiary/aromatic N) is 1. The van der Waals surface area contributed by atoms with E-state index in [0.717, 1.165) is 25.8 Å². The normalized spacial score (nSPS) is 26.7. The molecular formula is C22H31NO3. The Bertz CT molecular complexity index is 629. The molecule has 1 N–H and O–H groups in total. The number of aliphatic carboxylic acids is 1. The Kier molecular flexibility index (Phi) is 6.00. The van der Waals surface area contributed by atoms with Gasteiger partial charge in [-0.3, -0.25) is 9.59 Å². The Morgan fingerprint density at radius 3 is 2.15 bits per heavy atom. The van der Waals surface area contributed by atoms with Crippen LogP contribution in [-0.2, 0) is 9.59 Å². The maximum atomic E-state index is 13.2. The average molecular weight is 357 g/mol. The predicted octanol–water partition coefficient (Wildman–Crippen LogP) is 4.75. The van der Waals surface area contributed by atoms with Crippen LogP contribution in [0.15, 0.2) is 24.3 Å². The molecule has 2 aliphatic rings. The van der Waals surface area contributed by atoms with Gasteiger partial charge in [-0.2, -0.15) is 0 Å². The molecule has 1 saturated heterocycles. The van der Waals surface area contributed by atoms with Gasteiger partial charge in [0.25, 0.3) is 0 Å². The van der Waals surface area contributed by atoms with Crippen LogP contribution in [0.2, 0.25) is 0 Å². The minimum absolute atomic E-state index is 0.00105. The van der Waals surface area contributed by atoms with Crippen molar-refractivity contribution in [3.63, 3.8) is 0 Å². The van der Waals surface area contributed by atoms with Crippen molar-refractivity contribution in [1.29, 1.82) is 0 Å². The van der Waals surface area contributed by atoms with E-state index < -0.39 is 5.97 Å². The summed E-state index contributed by atoms with van der Waals surface area (Å²) in [5, 5.41) is 9.17. The molecule has 26 heavy (non-hydrogen) atoms. The number of rotatable bonds is 4. The van der Waals surface area contributed by atoms with E-state index in [1.165, 1.54) is 11.1 Å². The van der Waals surface area contributed by atoms with Crippen molar-refractivity contribution in [3.8, 4) is 0 Å². The monoisotopic (exact) mass is 357 g/mol. The molecule has 2 fully saturated rings. The van der Waals surface area contributed by atoms with E-state index in [4.69, 9.17) is 5.11 Å². The summed E-state index contributed by atoms with van der Waals surface area (Å²) in [7, 11) is 0. The van der Waals surface area contributed by atoms with Gasteiger partial charge in [-0.25, -0.2) is 0 Å². The molecule has 1 atom stereocenters. The first-order chi connectivity index (χ1) is 12.5. The lowest BCUT2D eigenvalue weighted by molar-refractivity contribution is -0.147. The molecule has 0 aromatic heterocycles. The summed E-state index contributed by atoms with van der Waals surface area (Å²) >= 11 is 0. The summed E-state index contributed by atoms with van der Waals surface area (Å²) in [6, 6.07) is 8.93. The highest BCUT2D eigenvalue weighted by Crippen LogP contribution is 2.36. The maximum absolute atomic E-state index is 13.2. The van der Waals surface area contributed by atoms with Crippen LogP contribution in [-0.4, -0.2) is 28.4 Å². The zero-order valence-electron chi connectivity index (χ0n) is 16.0. The molecule has 0 radical (unpaired) electrons. The number of benzene rings is 1. The number of hydrogen-bond donors (Lipinski definition) is 1. The lowest BCUT2D eigenvalue weighted by Gasteiger charge is -2.39. The first-order valence-electron chi connectivity index (χ1n) is 10.1. The zero-order valence-corrected chi connectivity index (χ0v) is 16.0. The highest BCUT2D eigenvalue weighted by atomic mass is 16.4. The van der Waals surface area contributed by atoms with Crippen LogP contribution in [0.25, 0.3) is 0 Å². The zero-order chi connectivity index (χ0) is 18.7. The predicted molar refractivity (Wildman–Crippen MR) is 102 cm³/mol. The van der Waals surface area contributed by atoms with Gasteiger partial charge in [0.2, 0.25) is 5.91 Å². The van der Waals surface area contributed by atoms with Crippen LogP contribution in [0.5, 0.6) is 0 Å². The molecule has 1 aliphatic heterocycles. The van der Waals surface area contributed by atoms with E-state index in [-0.39, 0.29) is 23.8 Å². The highest BCUT2D eigenvalue weighted by Gasteiger charge is 2.35. The molecule has 4 nitrogen and oxygen atoms in total. The summed E-state index contributed by atoms with van der Waals surface area (Å²) in [5.41, 5.74) is 2.57. The molecule has 1 aliphatic carbocycles. The van der Waals surface area contributed by atoms with Crippen LogP contribution >= 0.6 is 0 Å². The molecule has 1 amide bonds. The first kappa shape index (κ1) is 18.9. The number of carbonyl (C=O) groups excluding carboxylic acids is 1. The Hall–Kier alpha value is -1.84.